The maximum atomic E-state index is 9.81. The first-order chi connectivity index (χ1) is 5.73. The van der Waals surface area contributed by atoms with Crippen LogP contribution in [0.5, 0.6) is 0 Å². The molecule has 0 saturated heterocycles. The Morgan fingerprint density at radius 3 is 0.846 bits per heavy atom. The highest BCUT2D eigenvalue weighted by atomic mass is 16.1. The minimum absolute atomic E-state index is 0.167. The molecule has 0 rings (SSSR count). The molecule has 0 amide bonds. The summed E-state index contributed by atoms with van der Waals surface area (Å²) in [6, 6.07) is 0. The third kappa shape index (κ3) is 876. The Balaban J connectivity index is -0.000000117. The van der Waals surface area contributed by atoms with Gasteiger partial charge >= 0.3 is 0 Å². The second-order valence-electron chi connectivity index (χ2n) is 2.87. The van der Waals surface area contributed by atoms with E-state index in [-0.39, 0.29) is 17.3 Å². The highest BCUT2D eigenvalue weighted by Gasteiger charge is 1.76. The van der Waals surface area contributed by atoms with E-state index in [1.54, 1.807) is 6.92 Å². The molecule has 0 aliphatic heterocycles. The average molecular weight is 188 g/mol. The van der Waals surface area contributed by atoms with Crippen LogP contribution >= 0.6 is 0 Å². The van der Waals surface area contributed by atoms with E-state index >= 15 is 0 Å². The summed E-state index contributed by atoms with van der Waals surface area (Å²) < 4.78 is 0. The average Bonchev–Trinajstić information content (AvgIpc) is 1.84. The Hall–Kier alpha value is -0.990. The SMILES string of the molecule is CC(C)=O.CC(C)=O.CCC(C)=O. The molecule has 0 aliphatic rings. The van der Waals surface area contributed by atoms with Crippen molar-refractivity contribution in [3.63, 3.8) is 0 Å². The van der Waals surface area contributed by atoms with E-state index in [1.165, 1.54) is 27.7 Å². The molecule has 0 atom stereocenters. The van der Waals surface area contributed by atoms with E-state index in [1.807, 2.05) is 6.92 Å². The quantitative estimate of drug-likeness (QED) is 0.633. The maximum absolute atomic E-state index is 9.81. The molecular weight excluding hydrogens is 168 g/mol. The Labute approximate surface area is 80.5 Å². The maximum Gasteiger partial charge on any atom is 0.129 e. The van der Waals surface area contributed by atoms with Gasteiger partial charge in [0.05, 0.1) is 0 Å². The molecule has 3 nitrogen and oxygen atoms in total. The molecule has 0 radical (unpaired) electrons. The molecule has 0 N–H and O–H groups in total. The van der Waals surface area contributed by atoms with Crippen molar-refractivity contribution < 1.29 is 14.4 Å². The van der Waals surface area contributed by atoms with Crippen LogP contribution in [0.15, 0.2) is 0 Å². The fourth-order valence-corrected chi connectivity index (χ4v) is 0. The summed E-state index contributed by atoms with van der Waals surface area (Å²) >= 11 is 0. The van der Waals surface area contributed by atoms with E-state index in [4.69, 9.17) is 0 Å². The van der Waals surface area contributed by atoms with Gasteiger partial charge in [-0.1, -0.05) is 6.92 Å². The molecule has 0 aliphatic carbocycles. The summed E-state index contributed by atoms with van der Waals surface area (Å²) in [5.74, 6) is 0.588. The third-order valence-electron chi connectivity index (χ3n) is 0.498. The zero-order chi connectivity index (χ0) is 11.4. The molecule has 0 aromatic carbocycles. The summed E-state index contributed by atoms with van der Waals surface area (Å²) in [5, 5.41) is 0. The first-order valence-electron chi connectivity index (χ1n) is 4.17. The molecule has 0 unspecified atom stereocenters. The zero-order valence-electron chi connectivity index (χ0n) is 9.43. The monoisotopic (exact) mass is 188 g/mol. The van der Waals surface area contributed by atoms with Crippen LogP contribution < -0.4 is 0 Å². The number of hydrogen-bond acceptors (Lipinski definition) is 3. The molecule has 0 saturated carbocycles. The molecule has 0 heterocycles. The van der Waals surface area contributed by atoms with Gasteiger partial charge in [0.15, 0.2) is 0 Å². The number of carbonyl (C=O) groups is 3. The van der Waals surface area contributed by atoms with Crippen LogP contribution in [0.4, 0.5) is 0 Å². The Bertz CT molecular complexity index is 140. The van der Waals surface area contributed by atoms with Crippen molar-refractivity contribution in [2.24, 2.45) is 0 Å². The van der Waals surface area contributed by atoms with Gasteiger partial charge in [-0.05, 0) is 34.6 Å². The minimum Gasteiger partial charge on any atom is -0.300 e. The smallest absolute Gasteiger partial charge is 0.129 e. The van der Waals surface area contributed by atoms with Gasteiger partial charge in [-0.15, -0.1) is 0 Å². The van der Waals surface area contributed by atoms with Gasteiger partial charge in [-0.2, -0.15) is 0 Å². The van der Waals surface area contributed by atoms with E-state index in [2.05, 4.69) is 0 Å². The predicted molar refractivity (Wildman–Crippen MR) is 53.7 cm³/mol. The molecule has 0 aromatic rings. The number of Topliss-reactive ketones (excluding diaryl/α,β-unsaturated/α-hetero) is 3. The van der Waals surface area contributed by atoms with Gasteiger partial charge in [0.1, 0.15) is 17.3 Å². The summed E-state index contributed by atoms with van der Waals surface area (Å²) in [4.78, 5) is 28.7. The standard InChI is InChI=1S/C4H8O.2C3H6O/c1-3-4(2)5;2*1-3(2)4/h3H2,1-2H3;2*1-2H3. The third-order valence-corrected chi connectivity index (χ3v) is 0.498. The van der Waals surface area contributed by atoms with Crippen molar-refractivity contribution in [1.29, 1.82) is 0 Å². The second-order valence-corrected chi connectivity index (χ2v) is 2.87. The summed E-state index contributed by atoms with van der Waals surface area (Å²) in [6.45, 7) is 9.54. The van der Waals surface area contributed by atoms with Crippen molar-refractivity contribution >= 4 is 17.3 Å². The van der Waals surface area contributed by atoms with Crippen LogP contribution in [0.25, 0.3) is 0 Å². The molecule has 13 heavy (non-hydrogen) atoms. The molecule has 0 spiro atoms. The van der Waals surface area contributed by atoms with E-state index < -0.39 is 0 Å². The van der Waals surface area contributed by atoms with Gasteiger partial charge in [0, 0.05) is 6.42 Å². The summed E-state index contributed by atoms with van der Waals surface area (Å²) in [6.07, 6.45) is 0.667. The summed E-state index contributed by atoms with van der Waals surface area (Å²) in [7, 11) is 0. The molecule has 0 aromatic heterocycles. The van der Waals surface area contributed by atoms with Crippen molar-refractivity contribution in [2.75, 3.05) is 0 Å². The zero-order valence-corrected chi connectivity index (χ0v) is 9.43. The summed E-state index contributed by atoms with van der Waals surface area (Å²) in [5.41, 5.74) is 0. The topological polar surface area (TPSA) is 51.2 Å². The predicted octanol–water partition coefficient (Wildman–Crippen LogP) is 2.18. The number of rotatable bonds is 1. The second kappa shape index (κ2) is 13.6. The highest BCUT2D eigenvalue weighted by Crippen LogP contribution is 1.71. The van der Waals surface area contributed by atoms with Crippen LogP contribution in [0.2, 0.25) is 0 Å². The van der Waals surface area contributed by atoms with Crippen LogP contribution in [-0.4, -0.2) is 17.3 Å². The van der Waals surface area contributed by atoms with Gasteiger partial charge in [-0.3, -0.25) is 0 Å². The molecule has 78 valence electrons. The Morgan fingerprint density at radius 2 is 0.846 bits per heavy atom. The lowest BCUT2D eigenvalue weighted by Gasteiger charge is -1.71. The molecule has 0 fully saturated rings. The number of ketones is 3. The van der Waals surface area contributed by atoms with Crippen molar-refractivity contribution in [3.05, 3.63) is 0 Å². The van der Waals surface area contributed by atoms with Gasteiger partial charge < -0.3 is 14.4 Å². The van der Waals surface area contributed by atoms with Gasteiger partial charge in [0.2, 0.25) is 0 Å². The van der Waals surface area contributed by atoms with Crippen LogP contribution in [0, 0.1) is 0 Å². The van der Waals surface area contributed by atoms with Gasteiger partial charge in [0.25, 0.3) is 0 Å². The lowest BCUT2D eigenvalue weighted by Crippen LogP contribution is -1.80. The lowest BCUT2D eigenvalue weighted by molar-refractivity contribution is -0.117. The van der Waals surface area contributed by atoms with E-state index in [0.29, 0.717) is 6.42 Å². The van der Waals surface area contributed by atoms with Crippen LogP contribution in [0.3, 0.4) is 0 Å². The number of carbonyl (C=O) groups excluding carboxylic acids is 3. The molecule has 0 bridgehead atoms. The van der Waals surface area contributed by atoms with Crippen molar-refractivity contribution in [3.8, 4) is 0 Å². The van der Waals surface area contributed by atoms with E-state index in [9.17, 15) is 14.4 Å². The first kappa shape index (κ1) is 17.9. The normalized spacial score (nSPS) is 6.92. The fourth-order valence-electron chi connectivity index (χ4n) is 0. The van der Waals surface area contributed by atoms with Crippen LogP contribution in [-0.2, 0) is 14.4 Å². The van der Waals surface area contributed by atoms with Crippen molar-refractivity contribution in [2.45, 2.75) is 48.0 Å². The van der Waals surface area contributed by atoms with Crippen LogP contribution in [0.1, 0.15) is 48.0 Å². The molecule has 3 heteroatoms. The molecular formula is C10H20O3. The van der Waals surface area contributed by atoms with E-state index in [0.717, 1.165) is 0 Å². The Morgan fingerprint density at radius 1 is 0.769 bits per heavy atom. The van der Waals surface area contributed by atoms with Crippen molar-refractivity contribution in [1.82, 2.24) is 0 Å². The highest BCUT2D eigenvalue weighted by molar-refractivity contribution is 5.74. The minimum atomic E-state index is 0.167. The van der Waals surface area contributed by atoms with Gasteiger partial charge in [-0.25, -0.2) is 0 Å². The largest absolute Gasteiger partial charge is 0.300 e. The first-order valence-corrected chi connectivity index (χ1v) is 4.17. The lowest BCUT2D eigenvalue weighted by atomic mass is 10.4. The Kier molecular flexibility index (Phi) is 18.7. The number of hydrogen-bond donors (Lipinski definition) is 0. The fraction of sp³-hybridized carbons (Fsp3) is 0.700.